The first-order chi connectivity index (χ1) is 12.5. The fraction of sp³-hybridized carbons (Fsp3) is 0.118. The lowest BCUT2D eigenvalue weighted by molar-refractivity contribution is -0.384. The maximum Gasteiger partial charge on any atom is 0.271 e. The van der Waals surface area contributed by atoms with Crippen molar-refractivity contribution in [3.8, 4) is 0 Å². The average Bonchev–Trinajstić information content (AvgIpc) is 2.95. The number of nitrogens with one attached hydrogen (secondary N) is 2. The number of para-hydroxylation sites is 1. The Morgan fingerprint density at radius 3 is 2.73 bits per heavy atom. The van der Waals surface area contributed by atoms with Crippen LogP contribution in [0.25, 0.3) is 0 Å². The molecule has 132 valence electrons. The summed E-state index contributed by atoms with van der Waals surface area (Å²) in [4.78, 5) is 38.7. The molecule has 8 nitrogen and oxygen atoms in total. The predicted octanol–water partition coefficient (Wildman–Crippen LogP) is 2.84. The van der Waals surface area contributed by atoms with E-state index in [0.29, 0.717) is 16.5 Å². The molecule has 26 heavy (non-hydrogen) atoms. The summed E-state index contributed by atoms with van der Waals surface area (Å²) in [5.74, 6) is -0.696. The minimum Gasteiger partial charge on any atom is -0.326 e. The molecule has 1 heterocycles. The number of carbonyl (C=O) groups excluding carboxylic acids is 2. The molecule has 2 aromatic carbocycles. The summed E-state index contributed by atoms with van der Waals surface area (Å²) in [6.45, 7) is 0. The highest BCUT2D eigenvalue weighted by Crippen LogP contribution is 2.25. The topological polar surface area (TPSA) is 114 Å². The van der Waals surface area contributed by atoms with Crippen LogP contribution in [0.3, 0.4) is 0 Å². The summed E-state index contributed by atoms with van der Waals surface area (Å²) in [5, 5.41) is 15.8. The minimum atomic E-state index is -0.601. The van der Waals surface area contributed by atoms with Crippen LogP contribution in [0.2, 0.25) is 0 Å². The minimum absolute atomic E-state index is 0.0625. The third-order valence-corrected chi connectivity index (χ3v) is 4.56. The molecule has 0 spiro atoms. The van der Waals surface area contributed by atoms with Gasteiger partial charge in [0, 0.05) is 24.2 Å². The Morgan fingerprint density at radius 1 is 1.23 bits per heavy atom. The molecule has 1 fully saturated rings. The van der Waals surface area contributed by atoms with E-state index >= 15 is 0 Å². The van der Waals surface area contributed by atoms with Crippen LogP contribution >= 0.6 is 11.8 Å². The predicted molar refractivity (Wildman–Crippen MR) is 99.4 cm³/mol. The Bertz CT molecular complexity index is 885. The van der Waals surface area contributed by atoms with Gasteiger partial charge in [-0.3, -0.25) is 19.7 Å². The van der Waals surface area contributed by atoms with Crippen LogP contribution in [0.5, 0.6) is 0 Å². The van der Waals surface area contributed by atoms with E-state index in [-0.39, 0.29) is 18.0 Å². The summed E-state index contributed by atoms with van der Waals surface area (Å²) in [6.07, 6.45) is -0.0625. The van der Waals surface area contributed by atoms with Crippen molar-refractivity contribution in [3.63, 3.8) is 0 Å². The molecule has 9 heteroatoms. The van der Waals surface area contributed by atoms with Crippen LogP contribution in [-0.4, -0.2) is 27.2 Å². The number of nitrogens with zero attached hydrogens (tertiary/aromatic N) is 2. The van der Waals surface area contributed by atoms with Gasteiger partial charge >= 0.3 is 0 Å². The first-order valence-electron chi connectivity index (χ1n) is 7.67. The zero-order valence-electron chi connectivity index (χ0n) is 13.4. The van der Waals surface area contributed by atoms with E-state index in [9.17, 15) is 19.7 Å². The van der Waals surface area contributed by atoms with Crippen LogP contribution in [-0.2, 0) is 9.59 Å². The number of nitro benzene ring substituents is 1. The first-order valence-corrected chi connectivity index (χ1v) is 8.55. The highest BCUT2D eigenvalue weighted by atomic mass is 32.2. The molecule has 3 rings (SSSR count). The molecule has 1 aliphatic rings. The second-order valence-corrected chi connectivity index (χ2v) is 6.60. The molecule has 1 atom stereocenters. The van der Waals surface area contributed by atoms with Crippen LogP contribution < -0.4 is 10.6 Å². The molecule has 2 amide bonds. The van der Waals surface area contributed by atoms with Gasteiger partial charge in [-0.15, -0.1) is 0 Å². The summed E-state index contributed by atoms with van der Waals surface area (Å²) < 4.78 is 0. The number of hydrogen-bond donors (Lipinski definition) is 2. The lowest BCUT2D eigenvalue weighted by Gasteiger charge is -2.07. The van der Waals surface area contributed by atoms with Crippen molar-refractivity contribution in [1.82, 2.24) is 5.32 Å². The van der Waals surface area contributed by atoms with Crippen LogP contribution in [0, 0.1) is 10.1 Å². The monoisotopic (exact) mass is 370 g/mol. The number of anilines is 1. The molecule has 1 unspecified atom stereocenters. The van der Waals surface area contributed by atoms with Gasteiger partial charge in [0.25, 0.3) is 5.69 Å². The lowest BCUT2D eigenvalue weighted by Crippen LogP contribution is -2.28. The molecular formula is C17H14N4O4S. The van der Waals surface area contributed by atoms with Gasteiger partial charge in [0.1, 0.15) is 5.25 Å². The van der Waals surface area contributed by atoms with Gasteiger partial charge in [0.2, 0.25) is 11.8 Å². The number of amidine groups is 1. The fourth-order valence-electron chi connectivity index (χ4n) is 2.29. The number of non-ortho nitro benzene ring substituents is 1. The van der Waals surface area contributed by atoms with Gasteiger partial charge in [-0.2, -0.15) is 0 Å². The third kappa shape index (κ3) is 4.45. The number of benzene rings is 2. The Hall–Kier alpha value is -3.20. The van der Waals surface area contributed by atoms with Gasteiger partial charge in [0.15, 0.2) is 5.17 Å². The molecule has 1 saturated heterocycles. The van der Waals surface area contributed by atoms with Crippen molar-refractivity contribution < 1.29 is 14.5 Å². The average molecular weight is 370 g/mol. The van der Waals surface area contributed by atoms with Gasteiger partial charge in [-0.25, -0.2) is 4.99 Å². The summed E-state index contributed by atoms with van der Waals surface area (Å²) >= 11 is 1.18. The Balaban J connectivity index is 1.61. The number of hydrogen-bond acceptors (Lipinski definition) is 6. The highest BCUT2D eigenvalue weighted by molar-refractivity contribution is 8.15. The number of carbonyl (C=O) groups is 2. The number of thioether (sulfide) groups is 1. The number of rotatable bonds is 5. The molecule has 2 N–H and O–H groups in total. The van der Waals surface area contributed by atoms with Gasteiger partial charge in [-0.05, 0) is 18.2 Å². The second-order valence-electron chi connectivity index (χ2n) is 5.41. The standard InChI is InChI=1S/C17H14N4O4S/c22-15(18-12-7-4-8-13(9-12)21(24)25)10-14-16(23)20-17(26-14)19-11-5-2-1-3-6-11/h1-9,14H,10H2,(H,18,22)(H,19,20,23). The van der Waals surface area contributed by atoms with Crippen molar-refractivity contribution in [3.05, 3.63) is 64.7 Å². The van der Waals surface area contributed by atoms with E-state index in [4.69, 9.17) is 0 Å². The number of amides is 2. The van der Waals surface area contributed by atoms with Gasteiger partial charge < -0.3 is 10.6 Å². The molecule has 0 radical (unpaired) electrons. The zero-order chi connectivity index (χ0) is 18.5. The molecule has 0 aliphatic carbocycles. The third-order valence-electron chi connectivity index (χ3n) is 3.47. The van der Waals surface area contributed by atoms with Crippen molar-refractivity contribution >= 4 is 45.8 Å². The van der Waals surface area contributed by atoms with Gasteiger partial charge in [-0.1, -0.05) is 36.0 Å². The van der Waals surface area contributed by atoms with Crippen molar-refractivity contribution in [2.24, 2.45) is 4.99 Å². The van der Waals surface area contributed by atoms with E-state index in [0.717, 1.165) is 0 Å². The van der Waals surface area contributed by atoms with E-state index < -0.39 is 16.1 Å². The zero-order valence-corrected chi connectivity index (χ0v) is 14.2. The van der Waals surface area contributed by atoms with Crippen LogP contribution in [0.4, 0.5) is 17.1 Å². The van der Waals surface area contributed by atoms with E-state index in [1.807, 2.05) is 30.3 Å². The highest BCUT2D eigenvalue weighted by Gasteiger charge is 2.32. The molecule has 0 bridgehead atoms. The van der Waals surface area contributed by atoms with E-state index in [2.05, 4.69) is 15.6 Å². The van der Waals surface area contributed by atoms with Crippen molar-refractivity contribution in [2.75, 3.05) is 5.32 Å². The Morgan fingerprint density at radius 2 is 2.00 bits per heavy atom. The number of nitro groups is 1. The van der Waals surface area contributed by atoms with Gasteiger partial charge in [0.05, 0.1) is 10.6 Å². The Labute approximate surface area is 152 Å². The fourth-order valence-corrected chi connectivity index (χ4v) is 3.28. The molecule has 1 aliphatic heterocycles. The summed E-state index contributed by atoms with van der Waals surface area (Å²) in [5.41, 5.74) is 0.899. The lowest BCUT2D eigenvalue weighted by atomic mass is 10.2. The summed E-state index contributed by atoms with van der Waals surface area (Å²) in [7, 11) is 0. The van der Waals surface area contributed by atoms with Crippen LogP contribution in [0.1, 0.15) is 6.42 Å². The van der Waals surface area contributed by atoms with Crippen LogP contribution in [0.15, 0.2) is 59.6 Å². The molecule has 0 saturated carbocycles. The molecule has 0 aromatic heterocycles. The Kier molecular flexibility index (Phi) is 5.28. The SMILES string of the molecule is O=C(CC1SC(=Nc2ccccc2)NC1=O)Nc1cccc([N+](=O)[O-])c1. The van der Waals surface area contributed by atoms with E-state index in [1.165, 1.54) is 30.0 Å². The summed E-state index contributed by atoms with van der Waals surface area (Å²) in [6, 6.07) is 14.8. The maximum atomic E-state index is 12.1. The first kappa shape index (κ1) is 17.6. The molecule has 2 aromatic rings. The quantitative estimate of drug-likeness (QED) is 0.620. The number of aliphatic imine (C=N–C) groups is 1. The van der Waals surface area contributed by atoms with Crippen molar-refractivity contribution in [2.45, 2.75) is 11.7 Å². The second kappa shape index (κ2) is 7.79. The molecular weight excluding hydrogens is 356 g/mol. The largest absolute Gasteiger partial charge is 0.326 e. The smallest absolute Gasteiger partial charge is 0.271 e. The van der Waals surface area contributed by atoms with E-state index in [1.54, 1.807) is 6.07 Å². The maximum absolute atomic E-state index is 12.1. The van der Waals surface area contributed by atoms with Crippen molar-refractivity contribution in [1.29, 1.82) is 0 Å². The normalized spacial score (nSPS) is 17.8.